The van der Waals surface area contributed by atoms with Crippen LogP contribution < -0.4 is 5.32 Å². The van der Waals surface area contributed by atoms with E-state index in [-0.39, 0.29) is 17.8 Å². The van der Waals surface area contributed by atoms with Crippen molar-refractivity contribution < 1.29 is 9.18 Å². The van der Waals surface area contributed by atoms with E-state index in [1.54, 1.807) is 12.1 Å². The first-order chi connectivity index (χ1) is 10.6. The number of hydrogen-bond donors (Lipinski definition) is 1. The van der Waals surface area contributed by atoms with Crippen LogP contribution >= 0.6 is 0 Å². The van der Waals surface area contributed by atoms with E-state index in [0.29, 0.717) is 6.42 Å². The summed E-state index contributed by atoms with van der Waals surface area (Å²) in [5, 5.41) is 2.95. The predicted molar refractivity (Wildman–Crippen MR) is 87.1 cm³/mol. The Labute approximate surface area is 131 Å². The fourth-order valence-corrected chi connectivity index (χ4v) is 2.35. The average Bonchev–Trinajstić information content (AvgIpc) is 2.54. The molecule has 2 aromatic rings. The lowest BCUT2D eigenvalue weighted by Gasteiger charge is -2.14. The SMILES string of the molecule is CCc1ccc(CCC(=O)NC(C)c2ccc(F)cc2)cc1. The molecule has 0 heterocycles. The van der Waals surface area contributed by atoms with Crippen LogP contribution in [0.1, 0.15) is 43.0 Å². The molecule has 1 unspecified atom stereocenters. The zero-order valence-electron chi connectivity index (χ0n) is 13.1. The van der Waals surface area contributed by atoms with Crippen molar-refractivity contribution in [3.8, 4) is 0 Å². The summed E-state index contributed by atoms with van der Waals surface area (Å²) in [5.74, 6) is -0.255. The van der Waals surface area contributed by atoms with E-state index in [9.17, 15) is 9.18 Å². The van der Waals surface area contributed by atoms with Gasteiger partial charge in [0.15, 0.2) is 0 Å². The number of halogens is 1. The van der Waals surface area contributed by atoms with Crippen LogP contribution in [0.4, 0.5) is 4.39 Å². The van der Waals surface area contributed by atoms with Crippen LogP contribution in [0.3, 0.4) is 0 Å². The molecule has 1 atom stereocenters. The van der Waals surface area contributed by atoms with E-state index in [1.165, 1.54) is 23.3 Å². The molecular weight excluding hydrogens is 277 g/mol. The summed E-state index contributed by atoms with van der Waals surface area (Å²) in [6, 6.07) is 14.5. The number of hydrogen-bond acceptors (Lipinski definition) is 1. The maximum atomic E-state index is 12.9. The first-order valence-corrected chi connectivity index (χ1v) is 7.71. The minimum absolute atomic E-state index is 0.0105. The molecule has 0 aliphatic rings. The molecule has 0 bridgehead atoms. The van der Waals surface area contributed by atoms with E-state index in [1.807, 2.05) is 6.92 Å². The van der Waals surface area contributed by atoms with Gasteiger partial charge in [-0.1, -0.05) is 43.3 Å². The Balaban J connectivity index is 1.83. The predicted octanol–water partition coefficient (Wildman–Crippen LogP) is 4.20. The molecule has 0 aliphatic heterocycles. The monoisotopic (exact) mass is 299 g/mol. The molecule has 2 nitrogen and oxygen atoms in total. The normalized spacial score (nSPS) is 12.0. The van der Waals surface area contributed by atoms with E-state index < -0.39 is 0 Å². The lowest BCUT2D eigenvalue weighted by molar-refractivity contribution is -0.121. The van der Waals surface area contributed by atoms with Gasteiger partial charge >= 0.3 is 0 Å². The fourth-order valence-electron chi connectivity index (χ4n) is 2.35. The van der Waals surface area contributed by atoms with Crippen molar-refractivity contribution in [2.75, 3.05) is 0 Å². The van der Waals surface area contributed by atoms with Crippen LogP contribution in [0.25, 0.3) is 0 Å². The summed E-state index contributed by atoms with van der Waals surface area (Å²) < 4.78 is 12.9. The third-order valence-corrected chi connectivity index (χ3v) is 3.82. The van der Waals surface area contributed by atoms with Crippen molar-refractivity contribution in [3.63, 3.8) is 0 Å². The molecule has 0 radical (unpaired) electrons. The molecule has 0 fully saturated rings. The molecule has 0 aromatic heterocycles. The summed E-state index contributed by atoms with van der Waals surface area (Å²) in [5.41, 5.74) is 3.38. The molecule has 0 spiro atoms. The zero-order valence-corrected chi connectivity index (χ0v) is 13.1. The van der Waals surface area contributed by atoms with Crippen molar-refractivity contribution in [2.24, 2.45) is 0 Å². The van der Waals surface area contributed by atoms with E-state index >= 15 is 0 Å². The highest BCUT2D eigenvalue weighted by Gasteiger charge is 2.09. The van der Waals surface area contributed by atoms with Gasteiger partial charge < -0.3 is 5.32 Å². The van der Waals surface area contributed by atoms with E-state index in [2.05, 4.69) is 36.5 Å². The summed E-state index contributed by atoms with van der Waals surface area (Å²) in [6.07, 6.45) is 2.21. The molecular formula is C19H22FNO. The third kappa shape index (κ3) is 4.69. The first kappa shape index (κ1) is 16.2. The van der Waals surface area contributed by atoms with Crippen LogP contribution in [-0.4, -0.2) is 5.91 Å². The van der Waals surface area contributed by atoms with Crippen molar-refractivity contribution in [3.05, 3.63) is 71.0 Å². The van der Waals surface area contributed by atoms with Gasteiger partial charge in [-0.15, -0.1) is 0 Å². The minimum Gasteiger partial charge on any atom is -0.350 e. The number of carbonyl (C=O) groups is 1. The Morgan fingerprint density at radius 1 is 1.05 bits per heavy atom. The number of nitrogens with one attached hydrogen (secondary N) is 1. The van der Waals surface area contributed by atoms with Gasteiger partial charge in [0.1, 0.15) is 5.82 Å². The summed E-state index contributed by atoms with van der Waals surface area (Å²) in [4.78, 5) is 12.0. The smallest absolute Gasteiger partial charge is 0.220 e. The molecule has 116 valence electrons. The minimum atomic E-state index is -0.266. The second-order valence-corrected chi connectivity index (χ2v) is 5.51. The van der Waals surface area contributed by atoms with Crippen LogP contribution in [-0.2, 0) is 17.6 Å². The molecule has 3 heteroatoms. The Morgan fingerprint density at radius 3 is 2.23 bits per heavy atom. The molecule has 1 N–H and O–H groups in total. The average molecular weight is 299 g/mol. The Hall–Kier alpha value is -2.16. The second kappa shape index (κ2) is 7.74. The summed E-state index contributed by atoms with van der Waals surface area (Å²) >= 11 is 0. The number of aryl methyl sites for hydroxylation is 2. The molecule has 2 aromatic carbocycles. The van der Waals surface area contributed by atoms with Crippen molar-refractivity contribution in [1.29, 1.82) is 0 Å². The van der Waals surface area contributed by atoms with Crippen LogP contribution in [0, 0.1) is 5.82 Å². The standard InChI is InChI=1S/C19H22FNO/c1-3-15-4-6-16(7-5-15)8-13-19(22)21-14(2)17-9-11-18(20)12-10-17/h4-7,9-12,14H,3,8,13H2,1-2H3,(H,21,22). The van der Waals surface area contributed by atoms with Gasteiger partial charge in [-0.3, -0.25) is 4.79 Å². The van der Waals surface area contributed by atoms with Gasteiger partial charge in [0.2, 0.25) is 5.91 Å². The Kier molecular flexibility index (Phi) is 5.70. The van der Waals surface area contributed by atoms with Gasteiger partial charge in [0.25, 0.3) is 0 Å². The zero-order chi connectivity index (χ0) is 15.9. The molecule has 0 saturated heterocycles. The summed E-state index contributed by atoms with van der Waals surface area (Å²) in [7, 11) is 0. The van der Waals surface area contributed by atoms with Gasteiger partial charge in [0.05, 0.1) is 6.04 Å². The molecule has 0 saturated carbocycles. The highest BCUT2D eigenvalue weighted by atomic mass is 19.1. The van der Waals surface area contributed by atoms with Crippen molar-refractivity contribution in [2.45, 2.75) is 39.2 Å². The first-order valence-electron chi connectivity index (χ1n) is 7.71. The van der Waals surface area contributed by atoms with Crippen LogP contribution in [0.15, 0.2) is 48.5 Å². The molecule has 0 aliphatic carbocycles. The van der Waals surface area contributed by atoms with Crippen molar-refractivity contribution >= 4 is 5.91 Å². The van der Waals surface area contributed by atoms with Gasteiger partial charge in [-0.2, -0.15) is 0 Å². The fraction of sp³-hybridized carbons (Fsp3) is 0.316. The number of amides is 1. The summed E-state index contributed by atoms with van der Waals surface area (Å²) in [6.45, 7) is 4.03. The van der Waals surface area contributed by atoms with Gasteiger partial charge in [0, 0.05) is 6.42 Å². The second-order valence-electron chi connectivity index (χ2n) is 5.51. The highest BCUT2D eigenvalue weighted by Crippen LogP contribution is 2.13. The van der Waals surface area contributed by atoms with E-state index in [0.717, 1.165) is 18.4 Å². The maximum Gasteiger partial charge on any atom is 0.220 e. The lowest BCUT2D eigenvalue weighted by Crippen LogP contribution is -2.26. The Bertz CT molecular complexity index is 604. The molecule has 1 amide bonds. The quantitative estimate of drug-likeness (QED) is 0.851. The Morgan fingerprint density at radius 2 is 1.64 bits per heavy atom. The van der Waals surface area contributed by atoms with Crippen LogP contribution in [0.5, 0.6) is 0 Å². The highest BCUT2D eigenvalue weighted by molar-refractivity contribution is 5.76. The van der Waals surface area contributed by atoms with Crippen molar-refractivity contribution in [1.82, 2.24) is 5.32 Å². The lowest BCUT2D eigenvalue weighted by atomic mass is 10.1. The van der Waals surface area contributed by atoms with Gasteiger partial charge in [-0.25, -0.2) is 4.39 Å². The van der Waals surface area contributed by atoms with Gasteiger partial charge in [-0.05, 0) is 48.6 Å². The maximum absolute atomic E-state index is 12.9. The molecule has 22 heavy (non-hydrogen) atoms. The van der Waals surface area contributed by atoms with Crippen LogP contribution in [0.2, 0.25) is 0 Å². The topological polar surface area (TPSA) is 29.1 Å². The number of benzene rings is 2. The largest absolute Gasteiger partial charge is 0.350 e. The molecule has 2 rings (SSSR count). The van der Waals surface area contributed by atoms with E-state index in [4.69, 9.17) is 0 Å². The number of carbonyl (C=O) groups excluding carboxylic acids is 1. The third-order valence-electron chi connectivity index (χ3n) is 3.82. The number of rotatable bonds is 6.